The summed E-state index contributed by atoms with van der Waals surface area (Å²) in [5.41, 5.74) is 5.56. The van der Waals surface area contributed by atoms with Gasteiger partial charge in [0.15, 0.2) is 11.0 Å². The molecule has 2 heterocycles. The van der Waals surface area contributed by atoms with E-state index in [0.29, 0.717) is 18.3 Å². The molecule has 0 radical (unpaired) electrons. The third-order valence-corrected chi connectivity index (χ3v) is 2.55. The summed E-state index contributed by atoms with van der Waals surface area (Å²) in [6, 6.07) is 3.59. The standard InChI is InChI=1S/C9H13ClN4O/c10-8-1-2-9(13-12-8)14-3-4-15-7(5-11)6-14/h1-2,7H,3-6,11H2. The lowest BCUT2D eigenvalue weighted by atomic mass is 10.2. The summed E-state index contributed by atoms with van der Waals surface area (Å²) in [5.74, 6) is 0.821. The van der Waals surface area contributed by atoms with Gasteiger partial charge < -0.3 is 15.4 Å². The molecule has 0 aliphatic carbocycles. The predicted octanol–water partition coefficient (Wildman–Crippen LogP) is 0.294. The molecule has 1 aromatic rings. The van der Waals surface area contributed by atoms with Crippen molar-refractivity contribution in [2.75, 3.05) is 31.1 Å². The van der Waals surface area contributed by atoms with Crippen LogP contribution in [0.4, 0.5) is 5.82 Å². The van der Waals surface area contributed by atoms with Gasteiger partial charge in [0, 0.05) is 19.6 Å². The Kier molecular flexibility index (Phi) is 3.35. The molecule has 6 heteroatoms. The van der Waals surface area contributed by atoms with E-state index in [0.717, 1.165) is 18.9 Å². The summed E-state index contributed by atoms with van der Waals surface area (Å²) in [5, 5.41) is 8.23. The average molecular weight is 229 g/mol. The molecule has 1 aliphatic heterocycles. The van der Waals surface area contributed by atoms with Crippen molar-refractivity contribution in [2.24, 2.45) is 5.73 Å². The van der Waals surface area contributed by atoms with E-state index in [4.69, 9.17) is 22.1 Å². The molecule has 0 amide bonds. The third kappa shape index (κ3) is 2.56. The van der Waals surface area contributed by atoms with Gasteiger partial charge in [-0.2, -0.15) is 0 Å². The lowest BCUT2D eigenvalue weighted by molar-refractivity contribution is 0.0462. The maximum Gasteiger partial charge on any atom is 0.151 e. The molecule has 1 atom stereocenters. The zero-order chi connectivity index (χ0) is 10.7. The molecule has 1 unspecified atom stereocenters. The molecule has 1 aliphatic rings. The van der Waals surface area contributed by atoms with Crippen LogP contribution >= 0.6 is 11.6 Å². The monoisotopic (exact) mass is 228 g/mol. The molecular formula is C9H13ClN4O. The summed E-state index contributed by atoms with van der Waals surface area (Å²) in [6.07, 6.45) is 0.0798. The topological polar surface area (TPSA) is 64.3 Å². The minimum Gasteiger partial charge on any atom is -0.373 e. The van der Waals surface area contributed by atoms with Crippen LogP contribution in [0.25, 0.3) is 0 Å². The van der Waals surface area contributed by atoms with Crippen LogP contribution in [0.15, 0.2) is 12.1 Å². The molecule has 1 fully saturated rings. The smallest absolute Gasteiger partial charge is 0.151 e. The normalized spacial score (nSPS) is 21.7. The van der Waals surface area contributed by atoms with Crippen LogP contribution in [0, 0.1) is 0 Å². The fourth-order valence-electron chi connectivity index (χ4n) is 1.55. The van der Waals surface area contributed by atoms with Crippen LogP contribution in [0.2, 0.25) is 5.15 Å². The Morgan fingerprint density at radius 1 is 1.53 bits per heavy atom. The fraction of sp³-hybridized carbons (Fsp3) is 0.556. The summed E-state index contributed by atoms with van der Waals surface area (Å²) >= 11 is 5.67. The zero-order valence-corrected chi connectivity index (χ0v) is 9.02. The molecule has 2 N–H and O–H groups in total. The van der Waals surface area contributed by atoms with Crippen LogP contribution in [-0.2, 0) is 4.74 Å². The molecule has 0 bridgehead atoms. The first-order valence-electron chi connectivity index (χ1n) is 4.85. The van der Waals surface area contributed by atoms with E-state index in [1.807, 2.05) is 6.07 Å². The van der Waals surface area contributed by atoms with E-state index in [1.54, 1.807) is 6.07 Å². The number of morpholine rings is 1. The number of nitrogens with zero attached hydrogens (tertiary/aromatic N) is 3. The van der Waals surface area contributed by atoms with Crippen molar-refractivity contribution >= 4 is 17.4 Å². The molecule has 5 nitrogen and oxygen atoms in total. The van der Waals surface area contributed by atoms with Gasteiger partial charge in [0.05, 0.1) is 12.7 Å². The maximum absolute atomic E-state index is 5.67. The Labute approximate surface area is 93.2 Å². The number of hydrogen-bond donors (Lipinski definition) is 1. The zero-order valence-electron chi connectivity index (χ0n) is 8.27. The number of ether oxygens (including phenoxy) is 1. The fourth-order valence-corrected chi connectivity index (χ4v) is 1.65. The van der Waals surface area contributed by atoms with Crippen molar-refractivity contribution in [2.45, 2.75) is 6.10 Å². The first-order valence-corrected chi connectivity index (χ1v) is 5.23. The second-order valence-corrected chi connectivity index (χ2v) is 3.78. The first-order chi connectivity index (χ1) is 7.29. The van der Waals surface area contributed by atoms with Crippen LogP contribution in [0.5, 0.6) is 0 Å². The highest BCUT2D eigenvalue weighted by Gasteiger charge is 2.20. The molecule has 0 spiro atoms. The highest BCUT2D eigenvalue weighted by atomic mass is 35.5. The maximum atomic E-state index is 5.67. The van der Waals surface area contributed by atoms with E-state index in [-0.39, 0.29) is 6.10 Å². The first kappa shape index (κ1) is 10.6. The molecule has 0 aromatic carbocycles. The highest BCUT2D eigenvalue weighted by molar-refractivity contribution is 6.29. The quantitative estimate of drug-likeness (QED) is 0.789. The lowest BCUT2D eigenvalue weighted by Crippen LogP contribution is -2.46. The van der Waals surface area contributed by atoms with Crippen LogP contribution in [0.1, 0.15) is 0 Å². The van der Waals surface area contributed by atoms with Crippen molar-refractivity contribution in [1.82, 2.24) is 10.2 Å². The molecule has 1 saturated heterocycles. The lowest BCUT2D eigenvalue weighted by Gasteiger charge is -2.32. The van der Waals surface area contributed by atoms with Gasteiger partial charge in [0.25, 0.3) is 0 Å². The Balaban J connectivity index is 2.06. The second kappa shape index (κ2) is 4.74. The van der Waals surface area contributed by atoms with Crippen LogP contribution < -0.4 is 10.6 Å². The Bertz CT molecular complexity index is 318. The SMILES string of the molecule is NCC1CN(c2ccc(Cl)nn2)CCO1. The summed E-state index contributed by atoms with van der Waals surface area (Å²) in [4.78, 5) is 2.10. The van der Waals surface area contributed by atoms with Crippen molar-refractivity contribution in [3.05, 3.63) is 17.3 Å². The highest BCUT2D eigenvalue weighted by Crippen LogP contribution is 2.15. The molecule has 82 valence electrons. The van der Waals surface area contributed by atoms with E-state index >= 15 is 0 Å². The van der Waals surface area contributed by atoms with Gasteiger partial charge in [-0.05, 0) is 12.1 Å². The number of nitrogens with two attached hydrogens (primary N) is 1. The van der Waals surface area contributed by atoms with E-state index in [9.17, 15) is 0 Å². The average Bonchev–Trinajstić information content (AvgIpc) is 2.30. The van der Waals surface area contributed by atoms with Crippen LogP contribution in [0.3, 0.4) is 0 Å². The van der Waals surface area contributed by atoms with Gasteiger partial charge in [0.1, 0.15) is 0 Å². The molecular weight excluding hydrogens is 216 g/mol. The van der Waals surface area contributed by atoms with Gasteiger partial charge in [-0.1, -0.05) is 11.6 Å². The number of anilines is 1. The van der Waals surface area contributed by atoms with Gasteiger partial charge in [0.2, 0.25) is 0 Å². The van der Waals surface area contributed by atoms with Crippen molar-refractivity contribution < 1.29 is 4.74 Å². The molecule has 0 saturated carbocycles. The molecule has 1 aromatic heterocycles. The van der Waals surface area contributed by atoms with E-state index < -0.39 is 0 Å². The van der Waals surface area contributed by atoms with Crippen LogP contribution in [-0.4, -0.2) is 42.5 Å². The van der Waals surface area contributed by atoms with E-state index in [1.165, 1.54) is 0 Å². The van der Waals surface area contributed by atoms with Gasteiger partial charge in [-0.3, -0.25) is 0 Å². The Morgan fingerprint density at radius 2 is 2.40 bits per heavy atom. The van der Waals surface area contributed by atoms with Gasteiger partial charge in [-0.15, -0.1) is 10.2 Å². The second-order valence-electron chi connectivity index (χ2n) is 3.39. The molecule has 2 rings (SSSR count). The summed E-state index contributed by atoms with van der Waals surface area (Å²) < 4.78 is 5.46. The van der Waals surface area contributed by atoms with Gasteiger partial charge in [-0.25, -0.2) is 0 Å². The van der Waals surface area contributed by atoms with Crippen molar-refractivity contribution in [3.8, 4) is 0 Å². The number of hydrogen-bond acceptors (Lipinski definition) is 5. The largest absolute Gasteiger partial charge is 0.373 e. The Morgan fingerprint density at radius 3 is 3.07 bits per heavy atom. The number of halogens is 1. The minimum atomic E-state index is 0.0798. The van der Waals surface area contributed by atoms with Crippen molar-refractivity contribution in [1.29, 1.82) is 0 Å². The van der Waals surface area contributed by atoms with Gasteiger partial charge >= 0.3 is 0 Å². The summed E-state index contributed by atoms with van der Waals surface area (Å²) in [7, 11) is 0. The predicted molar refractivity (Wildman–Crippen MR) is 58.0 cm³/mol. The third-order valence-electron chi connectivity index (χ3n) is 2.34. The number of aromatic nitrogens is 2. The Hall–Kier alpha value is -0.910. The van der Waals surface area contributed by atoms with E-state index in [2.05, 4.69) is 15.1 Å². The minimum absolute atomic E-state index is 0.0798. The number of rotatable bonds is 2. The van der Waals surface area contributed by atoms with Crippen molar-refractivity contribution in [3.63, 3.8) is 0 Å². The summed E-state index contributed by atoms with van der Waals surface area (Å²) in [6.45, 7) is 2.77. The molecule has 15 heavy (non-hydrogen) atoms.